The summed E-state index contributed by atoms with van der Waals surface area (Å²) in [5, 5.41) is 0. The van der Waals surface area contributed by atoms with Crippen LogP contribution in [0.25, 0.3) is 0 Å². The molecule has 0 rings (SSSR count). The topological polar surface area (TPSA) is 17.1 Å². The first-order valence-corrected chi connectivity index (χ1v) is 8.39. The molecule has 15 heavy (non-hydrogen) atoms. The van der Waals surface area contributed by atoms with Gasteiger partial charge in [-0.25, -0.2) is 0 Å². The van der Waals surface area contributed by atoms with E-state index in [4.69, 9.17) is 0 Å². The Morgan fingerprint density at radius 1 is 1.07 bits per heavy atom. The first kappa shape index (κ1) is 15.2. The molecule has 0 fully saturated rings. The number of hydrogen-bond donors (Lipinski definition) is 0. The highest BCUT2D eigenvalue weighted by atomic mass is 31.2. The maximum Gasteiger partial charge on any atom is 0.0906 e. The van der Waals surface area contributed by atoms with Gasteiger partial charge in [-0.1, -0.05) is 48.5 Å². The van der Waals surface area contributed by atoms with E-state index >= 15 is 0 Å². The molecule has 1 nitrogen and oxygen atoms in total. The summed E-state index contributed by atoms with van der Waals surface area (Å²) in [6.45, 7) is 15.3. The summed E-state index contributed by atoms with van der Waals surface area (Å²) < 4.78 is 12.8. The van der Waals surface area contributed by atoms with E-state index in [0.717, 1.165) is 18.7 Å². The van der Waals surface area contributed by atoms with E-state index < -0.39 is 7.14 Å². The summed E-state index contributed by atoms with van der Waals surface area (Å²) in [5.74, 6) is 0.639. The molecule has 1 unspecified atom stereocenters. The fourth-order valence-electron chi connectivity index (χ4n) is 2.36. The standard InChI is InChI=1S/C13H29OP/c1-8-15(14,9-2)12(10-11(3)4)13(5,6)7/h11-12H,8-10H2,1-7H3. The fraction of sp³-hybridized carbons (Fsp3) is 1.00. The predicted molar refractivity (Wildman–Crippen MR) is 71.4 cm³/mol. The van der Waals surface area contributed by atoms with Crippen LogP contribution in [0.15, 0.2) is 0 Å². The lowest BCUT2D eigenvalue weighted by Crippen LogP contribution is -2.29. The summed E-state index contributed by atoms with van der Waals surface area (Å²) in [4.78, 5) is 0. The molecule has 0 heterocycles. The number of rotatable bonds is 5. The van der Waals surface area contributed by atoms with Crippen LogP contribution in [0.3, 0.4) is 0 Å². The van der Waals surface area contributed by atoms with Crippen molar-refractivity contribution in [3.05, 3.63) is 0 Å². The van der Waals surface area contributed by atoms with Crippen LogP contribution in [0.2, 0.25) is 0 Å². The Kier molecular flexibility index (Phi) is 5.61. The van der Waals surface area contributed by atoms with Gasteiger partial charge in [0, 0.05) is 5.66 Å². The van der Waals surface area contributed by atoms with Crippen molar-refractivity contribution in [2.45, 2.75) is 60.5 Å². The van der Waals surface area contributed by atoms with Gasteiger partial charge < -0.3 is 4.57 Å². The van der Waals surface area contributed by atoms with E-state index in [2.05, 4.69) is 48.5 Å². The summed E-state index contributed by atoms with van der Waals surface area (Å²) in [6, 6.07) is 0. The van der Waals surface area contributed by atoms with E-state index in [9.17, 15) is 4.57 Å². The van der Waals surface area contributed by atoms with Crippen molar-refractivity contribution >= 4 is 7.14 Å². The Morgan fingerprint density at radius 2 is 1.47 bits per heavy atom. The summed E-state index contributed by atoms with van der Waals surface area (Å²) in [6.07, 6.45) is 2.82. The van der Waals surface area contributed by atoms with Gasteiger partial charge in [-0.15, -0.1) is 0 Å². The lowest BCUT2D eigenvalue weighted by atomic mass is 9.87. The molecule has 0 aliphatic rings. The fourth-order valence-corrected chi connectivity index (χ4v) is 5.91. The lowest BCUT2D eigenvalue weighted by molar-refractivity contribution is 0.336. The second-order valence-electron chi connectivity index (χ2n) is 6.10. The van der Waals surface area contributed by atoms with Crippen LogP contribution in [0.4, 0.5) is 0 Å². The highest BCUT2D eigenvalue weighted by Gasteiger charge is 2.38. The molecule has 0 spiro atoms. The Balaban J connectivity index is 5.01. The van der Waals surface area contributed by atoms with Crippen LogP contribution in [0.1, 0.15) is 54.9 Å². The quantitative estimate of drug-likeness (QED) is 0.619. The van der Waals surface area contributed by atoms with Gasteiger partial charge >= 0.3 is 0 Å². The molecule has 0 aliphatic heterocycles. The average Bonchev–Trinajstić information content (AvgIpc) is 2.11. The maximum absolute atomic E-state index is 12.8. The zero-order valence-corrected chi connectivity index (χ0v) is 12.5. The molecule has 0 saturated heterocycles. The third-order valence-corrected chi connectivity index (χ3v) is 7.60. The molecule has 0 amide bonds. The second kappa shape index (κ2) is 5.53. The van der Waals surface area contributed by atoms with Crippen molar-refractivity contribution in [2.75, 3.05) is 12.3 Å². The zero-order valence-electron chi connectivity index (χ0n) is 11.6. The van der Waals surface area contributed by atoms with Gasteiger partial charge in [0.25, 0.3) is 0 Å². The Bertz CT molecular complexity index is 217. The van der Waals surface area contributed by atoms with Crippen LogP contribution in [0, 0.1) is 11.3 Å². The van der Waals surface area contributed by atoms with E-state index in [1.165, 1.54) is 0 Å². The largest absolute Gasteiger partial charge is 0.323 e. The Hall–Kier alpha value is 0.230. The molecule has 1 atom stereocenters. The molecule has 0 aliphatic carbocycles. The molecule has 0 aromatic carbocycles. The summed E-state index contributed by atoms with van der Waals surface area (Å²) in [7, 11) is -1.97. The summed E-state index contributed by atoms with van der Waals surface area (Å²) in [5.41, 5.74) is 0.561. The van der Waals surface area contributed by atoms with Crippen LogP contribution in [-0.4, -0.2) is 18.0 Å². The van der Waals surface area contributed by atoms with Crippen LogP contribution >= 0.6 is 7.14 Å². The van der Waals surface area contributed by atoms with E-state index in [1.807, 2.05) is 0 Å². The minimum Gasteiger partial charge on any atom is -0.323 e. The molecule has 0 N–H and O–H groups in total. The van der Waals surface area contributed by atoms with Crippen molar-refractivity contribution in [3.63, 3.8) is 0 Å². The molecule has 2 heteroatoms. The third-order valence-electron chi connectivity index (χ3n) is 3.33. The molecule has 0 aromatic heterocycles. The van der Waals surface area contributed by atoms with Crippen molar-refractivity contribution in [1.29, 1.82) is 0 Å². The van der Waals surface area contributed by atoms with E-state index in [-0.39, 0.29) is 5.41 Å². The minimum absolute atomic E-state index is 0.172. The monoisotopic (exact) mass is 232 g/mol. The van der Waals surface area contributed by atoms with Crippen LogP contribution in [0.5, 0.6) is 0 Å². The first-order valence-electron chi connectivity index (χ1n) is 6.25. The van der Waals surface area contributed by atoms with Crippen molar-refractivity contribution in [3.8, 4) is 0 Å². The Morgan fingerprint density at radius 3 is 1.67 bits per heavy atom. The van der Waals surface area contributed by atoms with Gasteiger partial charge in [-0.05, 0) is 30.1 Å². The smallest absolute Gasteiger partial charge is 0.0906 e. The van der Waals surface area contributed by atoms with Crippen molar-refractivity contribution < 1.29 is 4.57 Å². The lowest BCUT2D eigenvalue weighted by Gasteiger charge is -2.37. The van der Waals surface area contributed by atoms with Gasteiger partial charge in [0.05, 0.1) is 7.14 Å². The Labute approximate surface area is 96.4 Å². The van der Waals surface area contributed by atoms with E-state index in [0.29, 0.717) is 11.6 Å². The molecule has 0 saturated carbocycles. The zero-order chi connectivity index (χ0) is 12.3. The minimum atomic E-state index is -1.97. The SMILES string of the molecule is CCP(=O)(CC)C(CC(C)C)C(C)(C)C. The molecular weight excluding hydrogens is 203 g/mol. The van der Waals surface area contributed by atoms with Crippen LogP contribution in [-0.2, 0) is 4.57 Å². The molecule has 0 aromatic rings. The average molecular weight is 232 g/mol. The maximum atomic E-state index is 12.8. The summed E-state index contributed by atoms with van der Waals surface area (Å²) >= 11 is 0. The van der Waals surface area contributed by atoms with Gasteiger partial charge in [0.2, 0.25) is 0 Å². The van der Waals surface area contributed by atoms with E-state index in [1.54, 1.807) is 0 Å². The molecule has 0 radical (unpaired) electrons. The molecule has 92 valence electrons. The number of hydrogen-bond acceptors (Lipinski definition) is 1. The van der Waals surface area contributed by atoms with Gasteiger partial charge in [0.1, 0.15) is 0 Å². The molecular formula is C13H29OP. The highest BCUT2D eigenvalue weighted by Crippen LogP contribution is 2.58. The first-order chi connectivity index (χ1) is 6.67. The van der Waals surface area contributed by atoms with Crippen molar-refractivity contribution in [2.24, 2.45) is 11.3 Å². The van der Waals surface area contributed by atoms with Gasteiger partial charge in [-0.2, -0.15) is 0 Å². The predicted octanol–water partition coefficient (Wildman–Crippen LogP) is 4.85. The normalized spacial score (nSPS) is 15.7. The van der Waals surface area contributed by atoms with Gasteiger partial charge in [-0.3, -0.25) is 0 Å². The highest BCUT2D eigenvalue weighted by molar-refractivity contribution is 7.64. The van der Waals surface area contributed by atoms with Gasteiger partial charge in [0.15, 0.2) is 0 Å². The van der Waals surface area contributed by atoms with Crippen molar-refractivity contribution in [1.82, 2.24) is 0 Å². The third kappa shape index (κ3) is 4.31. The second-order valence-corrected chi connectivity index (χ2v) is 9.89. The molecule has 0 bridgehead atoms. The van der Waals surface area contributed by atoms with Crippen LogP contribution < -0.4 is 0 Å².